The standard InChI is InChI=1S/C27H29F3N2O5/c1-16(2)31(23(33)14-15-24(34)35)25-19-6-3-4-8-21(19)32(22-9-5-7-20(22)25)26(36)17-10-12-18(13-11-17)37-27(28,29)30/h3-4,6,8,10-13,16,20,22,25H,5,7,9,14-15H2,1-2H3,(H,34,35)/t20-,22-,25-/m0/s1. The van der Waals surface area contributed by atoms with E-state index in [1.165, 1.54) is 12.1 Å². The van der Waals surface area contributed by atoms with Crippen molar-refractivity contribution in [2.45, 2.75) is 70.4 Å². The zero-order chi connectivity index (χ0) is 26.9. The Morgan fingerprint density at radius 2 is 1.73 bits per heavy atom. The summed E-state index contributed by atoms with van der Waals surface area (Å²) in [6.07, 6.45) is -2.86. The van der Waals surface area contributed by atoms with Crippen LogP contribution in [0, 0.1) is 5.92 Å². The van der Waals surface area contributed by atoms with E-state index in [1.54, 1.807) is 15.9 Å². The van der Waals surface area contributed by atoms with Gasteiger partial charge in [0.25, 0.3) is 5.91 Å². The monoisotopic (exact) mass is 518 g/mol. The number of aliphatic carboxylic acids is 1. The first-order chi connectivity index (χ1) is 17.5. The molecule has 198 valence electrons. The van der Waals surface area contributed by atoms with E-state index in [2.05, 4.69) is 4.74 Å². The molecule has 0 saturated heterocycles. The van der Waals surface area contributed by atoms with Crippen molar-refractivity contribution in [1.82, 2.24) is 4.90 Å². The Kier molecular flexibility index (Phi) is 7.47. The topological polar surface area (TPSA) is 87.2 Å². The van der Waals surface area contributed by atoms with Gasteiger partial charge in [-0.05, 0) is 62.6 Å². The molecule has 2 aromatic carbocycles. The van der Waals surface area contributed by atoms with E-state index in [9.17, 15) is 27.6 Å². The van der Waals surface area contributed by atoms with Crippen LogP contribution in [0.5, 0.6) is 5.75 Å². The molecule has 37 heavy (non-hydrogen) atoms. The maximum absolute atomic E-state index is 13.7. The number of fused-ring (bicyclic) bond motifs is 2. The maximum atomic E-state index is 13.7. The van der Waals surface area contributed by atoms with Crippen molar-refractivity contribution in [3.63, 3.8) is 0 Å². The first-order valence-electron chi connectivity index (χ1n) is 12.3. The lowest BCUT2D eigenvalue weighted by Gasteiger charge is -2.48. The van der Waals surface area contributed by atoms with Crippen LogP contribution in [0.2, 0.25) is 0 Å². The summed E-state index contributed by atoms with van der Waals surface area (Å²) in [5.74, 6) is -2.10. The summed E-state index contributed by atoms with van der Waals surface area (Å²) >= 11 is 0. The van der Waals surface area contributed by atoms with Gasteiger partial charge in [-0.3, -0.25) is 14.4 Å². The molecule has 1 N–H and O–H groups in total. The number of anilines is 1. The number of ether oxygens (including phenoxy) is 1. The van der Waals surface area contributed by atoms with E-state index in [0.717, 1.165) is 30.5 Å². The number of benzene rings is 2. The first kappa shape index (κ1) is 26.5. The molecule has 0 radical (unpaired) electrons. The summed E-state index contributed by atoms with van der Waals surface area (Å²) in [6, 6.07) is 11.5. The Labute approximate surface area is 212 Å². The second kappa shape index (κ2) is 10.4. The molecule has 7 nitrogen and oxygen atoms in total. The minimum atomic E-state index is -4.83. The SMILES string of the molecule is CC(C)N(C(=O)CCC(=O)O)[C@H]1c2ccccc2N(C(=O)c2ccc(OC(F)(F)F)cc2)[C@H]2CCC[C@@H]21. The third-order valence-corrected chi connectivity index (χ3v) is 7.03. The number of alkyl halides is 3. The van der Waals surface area contributed by atoms with Gasteiger partial charge in [0.1, 0.15) is 5.75 Å². The number of amides is 2. The first-order valence-corrected chi connectivity index (χ1v) is 12.3. The summed E-state index contributed by atoms with van der Waals surface area (Å²) in [7, 11) is 0. The zero-order valence-corrected chi connectivity index (χ0v) is 20.6. The molecule has 0 aromatic heterocycles. The van der Waals surface area contributed by atoms with Crippen LogP contribution in [0.25, 0.3) is 0 Å². The summed E-state index contributed by atoms with van der Waals surface area (Å²) in [5, 5.41) is 9.10. The number of rotatable bonds is 7. The van der Waals surface area contributed by atoms with E-state index in [0.29, 0.717) is 12.1 Å². The second-order valence-corrected chi connectivity index (χ2v) is 9.70. The van der Waals surface area contributed by atoms with Gasteiger partial charge in [-0.15, -0.1) is 13.2 Å². The Hall–Kier alpha value is -3.56. The average Bonchev–Trinajstić information content (AvgIpc) is 3.31. The molecule has 1 aliphatic heterocycles. The average molecular weight is 519 g/mol. The van der Waals surface area contributed by atoms with Crippen LogP contribution >= 0.6 is 0 Å². The molecule has 1 heterocycles. The molecule has 1 aliphatic carbocycles. The third kappa shape index (κ3) is 5.57. The van der Waals surface area contributed by atoms with Crippen LogP contribution < -0.4 is 9.64 Å². The minimum Gasteiger partial charge on any atom is -0.481 e. The van der Waals surface area contributed by atoms with Crippen LogP contribution in [-0.4, -0.2) is 46.2 Å². The Balaban J connectivity index is 1.71. The zero-order valence-electron chi connectivity index (χ0n) is 20.6. The Morgan fingerprint density at radius 1 is 1.05 bits per heavy atom. The number of para-hydroxylation sites is 1. The largest absolute Gasteiger partial charge is 0.573 e. The highest BCUT2D eigenvalue weighted by Gasteiger charge is 2.49. The third-order valence-electron chi connectivity index (χ3n) is 7.03. The lowest BCUT2D eigenvalue weighted by atomic mass is 9.80. The van der Waals surface area contributed by atoms with E-state index >= 15 is 0 Å². The van der Waals surface area contributed by atoms with Gasteiger partial charge in [0, 0.05) is 35.7 Å². The van der Waals surface area contributed by atoms with E-state index in [1.807, 2.05) is 32.0 Å². The van der Waals surface area contributed by atoms with Gasteiger partial charge in [0.15, 0.2) is 0 Å². The normalized spacial score (nSPS) is 20.8. The van der Waals surface area contributed by atoms with Crippen LogP contribution in [0.4, 0.5) is 18.9 Å². The van der Waals surface area contributed by atoms with Gasteiger partial charge in [-0.1, -0.05) is 24.6 Å². The lowest BCUT2D eigenvalue weighted by Crippen LogP contribution is -2.53. The van der Waals surface area contributed by atoms with Gasteiger partial charge in [0.2, 0.25) is 5.91 Å². The lowest BCUT2D eigenvalue weighted by molar-refractivity contribution is -0.274. The number of carbonyl (C=O) groups excluding carboxylic acids is 2. The van der Waals surface area contributed by atoms with Crippen molar-refractivity contribution in [1.29, 1.82) is 0 Å². The summed E-state index contributed by atoms with van der Waals surface area (Å²) in [4.78, 5) is 41.6. The molecule has 3 atom stereocenters. The number of hydrogen-bond donors (Lipinski definition) is 1. The maximum Gasteiger partial charge on any atom is 0.573 e. The fourth-order valence-corrected chi connectivity index (χ4v) is 5.69. The van der Waals surface area contributed by atoms with Gasteiger partial charge in [-0.2, -0.15) is 0 Å². The molecule has 2 aliphatic rings. The quantitative estimate of drug-likeness (QED) is 0.519. The fourth-order valence-electron chi connectivity index (χ4n) is 5.69. The molecule has 1 fully saturated rings. The molecular formula is C27H29F3N2O5. The van der Waals surface area contributed by atoms with Crippen LogP contribution in [-0.2, 0) is 9.59 Å². The smallest absolute Gasteiger partial charge is 0.481 e. The molecule has 2 amide bonds. The van der Waals surface area contributed by atoms with Crippen molar-refractivity contribution in [3.8, 4) is 5.75 Å². The van der Waals surface area contributed by atoms with Gasteiger partial charge in [0.05, 0.1) is 12.5 Å². The van der Waals surface area contributed by atoms with E-state index in [-0.39, 0.29) is 54.3 Å². The highest BCUT2D eigenvalue weighted by molar-refractivity contribution is 6.07. The molecule has 0 spiro atoms. The van der Waals surface area contributed by atoms with Crippen molar-refractivity contribution < 1.29 is 37.4 Å². The predicted molar refractivity (Wildman–Crippen MR) is 129 cm³/mol. The van der Waals surface area contributed by atoms with Gasteiger partial charge >= 0.3 is 12.3 Å². The number of carbonyl (C=O) groups is 3. The summed E-state index contributed by atoms with van der Waals surface area (Å²) < 4.78 is 41.6. The fraction of sp³-hybridized carbons (Fsp3) is 0.444. The number of hydrogen-bond acceptors (Lipinski definition) is 4. The Morgan fingerprint density at radius 3 is 2.35 bits per heavy atom. The van der Waals surface area contributed by atoms with Crippen molar-refractivity contribution in [3.05, 3.63) is 59.7 Å². The van der Waals surface area contributed by atoms with E-state index in [4.69, 9.17) is 5.11 Å². The van der Waals surface area contributed by atoms with Crippen molar-refractivity contribution in [2.24, 2.45) is 5.92 Å². The number of halogens is 3. The molecular weight excluding hydrogens is 489 g/mol. The Bertz CT molecular complexity index is 1170. The summed E-state index contributed by atoms with van der Waals surface area (Å²) in [5.41, 5.74) is 1.67. The van der Waals surface area contributed by atoms with Crippen molar-refractivity contribution in [2.75, 3.05) is 4.90 Å². The molecule has 2 aromatic rings. The van der Waals surface area contributed by atoms with Crippen LogP contribution in [0.15, 0.2) is 48.5 Å². The highest BCUT2D eigenvalue weighted by Crippen LogP contribution is 2.51. The predicted octanol–water partition coefficient (Wildman–Crippen LogP) is 5.56. The van der Waals surface area contributed by atoms with Crippen LogP contribution in [0.3, 0.4) is 0 Å². The van der Waals surface area contributed by atoms with E-state index < -0.39 is 18.1 Å². The summed E-state index contributed by atoms with van der Waals surface area (Å²) in [6.45, 7) is 3.79. The van der Waals surface area contributed by atoms with Gasteiger partial charge in [-0.25, -0.2) is 0 Å². The number of nitrogens with zero attached hydrogens (tertiary/aromatic N) is 2. The molecule has 0 unspecified atom stereocenters. The molecule has 10 heteroatoms. The second-order valence-electron chi connectivity index (χ2n) is 9.70. The number of carboxylic acids is 1. The highest BCUT2D eigenvalue weighted by atomic mass is 19.4. The van der Waals surface area contributed by atoms with Gasteiger partial charge < -0.3 is 19.6 Å². The molecule has 1 saturated carbocycles. The minimum absolute atomic E-state index is 0.0668. The molecule has 0 bridgehead atoms. The van der Waals surface area contributed by atoms with Crippen molar-refractivity contribution >= 4 is 23.5 Å². The number of carboxylic acid groups (broad SMARTS) is 1. The molecule has 4 rings (SSSR count). The van der Waals surface area contributed by atoms with Crippen LogP contribution in [0.1, 0.15) is 67.9 Å².